The molecule has 1 unspecified atom stereocenters. The summed E-state index contributed by atoms with van der Waals surface area (Å²) < 4.78 is 10.6. The van der Waals surface area contributed by atoms with Crippen LogP contribution in [-0.4, -0.2) is 36.2 Å². The van der Waals surface area contributed by atoms with Crippen molar-refractivity contribution in [1.82, 2.24) is 4.90 Å². The van der Waals surface area contributed by atoms with Gasteiger partial charge < -0.3 is 9.47 Å². The molecule has 0 bridgehead atoms. The summed E-state index contributed by atoms with van der Waals surface area (Å²) in [5, 5.41) is 0. The lowest BCUT2D eigenvalue weighted by molar-refractivity contribution is -0.131. The van der Waals surface area contributed by atoms with Gasteiger partial charge in [-0.2, -0.15) is 0 Å². The molecular weight excluding hydrogens is 282 g/mol. The lowest BCUT2D eigenvalue weighted by atomic mass is 10.2. The van der Waals surface area contributed by atoms with Crippen LogP contribution in [0.5, 0.6) is 5.75 Å². The fourth-order valence-corrected chi connectivity index (χ4v) is 2.22. The molecule has 1 aromatic carbocycles. The van der Waals surface area contributed by atoms with Crippen LogP contribution in [0.2, 0.25) is 0 Å². The molecule has 0 saturated heterocycles. The van der Waals surface area contributed by atoms with Gasteiger partial charge in [-0.05, 0) is 31.9 Å². The van der Waals surface area contributed by atoms with Crippen molar-refractivity contribution in [2.24, 2.45) is 0 Å². The van der Waals surface area contributed by atoms with E-state index < -0.39 is 11.9 Å². The fourth-order valence-electron chi connectivity index (χ4n) is 2.22. The minimum atomic E-state index is -0.485. The van der Waals surface area contributed by atoms with E-state index in [4.69, 9.17) is 9.47 Å². The van der Waals surface area contributed by atoms with Crippen LogP contribution in [0.1, 0.15) is 50.9 Å². The van der Waals surface area contributed by atoms with E-state index in [1.165, 1.54) is 6.92 Å². The summed E-state index contributed by atoms with van der Waals surface area (Å²) in [6.07, 6.45) is 1.66. The Morgan fingerprint density at radius 1 is 1.14 bits per heavy atom. The van der Waals surface area contributed by atoms with E-state index in [1.807, 2.05) is 6.92 Å². The molecule has 0 aromatic heterocycles. The van der Waals surface area contributed by atoms with Gasteiger partial charge in [0.2, 0.25) is 0 Å². The first-order valence-corrected chi connectivity index (χ1v) is 7.72. The van der Waals surface area contributed by atoms with Crippen LogP contribution in [0.15, 0.2) is 24.3 Å². The van der Waals surface area contributed by atoms with E-state index in [1.54, 1.807) is 24.3 Å². The molecule has 1 aromatic rings. The molecule has 5 heteroatoms. The van der Waals surface area contributed by atoms with Crippen molar-refractivity contribution >= 4 is 11.9 Å². The predicted molar refractivity (Wildman–Crippen MR) is 84.8 cm³/mol. The first-order valence-electron chi connectivity index (χ1n) is 7.72. The normalized spacial score (nSPS) is 12.0. The highest BCUT2D eigenvalue weighted by molar-refractivity contribution is 5.93. The first-order chi connectivity index (χ1) is 10.5. The largest absolute Gasteiger partial charge is 0.443 e. The lowest BCUT2D eigenvalue weighted by Crippen LogP contribution is -2.37. The van der Waals surface area contributed by atoms with Gasteiger partial charge in [0.15, 0.2) is 6.23 Å². The molecule has 0 aliphatic carbocycles. The molecule has 22 heavy (non-hydrogen) atoms. The highest BCUT2D eigenvalue weighted by Gasteiger charge is 2.20. The number of carbonyl (C=O) groups is 2. The smallest absolute Gasteiger partial charge is 0.343 e. The molecule has 1 rings (SSSR count). The molecule has 0 amide bonds. The maximum Gasteiger partial charge on any atom is 0.343 e. The molecule has 0 heterocycles. The van der Waals surface area contributed by atoms with E-state index in [2.05, 4.69) is 18.7 Å². The molecule has 1 atom stereocenters. The molecular formula is C17H25NO4. The number of hydrogen-bond donors (Lipinski definition) is 0. The van der Waals surface area contributed by atoms with Crippen molar-refractivity contribution in [2.45, 2.75) is 46.8 Å². The Labute approximate surface area is 132 Å². The molecule has 0 spiro atoms. The second-order valence-electron chi connectivity index (χ2n) is 5.13. The van der Waals surface area contributed by atoms with Gasteiger partial charge in [0.1, 0.15) is 11.3 Å². The minimum Gasteiger partial charge on any atom is -0.443 e. The number of benzene rings is 1. The molecule has 0 N–H and O–H groups in total. The molecule has 0 aliphatic heterocycles. The third-order valence-corrected chi connectivity index (χ3v) is 3.17. The summed E-state index contributed by atoms with van der Waals surface area (Å²) >= 11 is 0. The van der Waals surface area contributed by atoms with Gasteiger partial charge in [-0.25, -0.2) is 4.79 Å². The fraction of sp³-hybridized carbons (Fsp3) is 0.529. The highest BCUT2D eigenvalue weighted by atomic mass is 16.6. The van der Waals surface area contributed by atoms with Crippen LogP contribution >= 0.6 is 0 Å². The Balaban J connectivity index is 2.81. The van der Waals surface area contributed by atoms with Crippen LogP contribution in [0.3, 0.4) is 0 Å². The van der Waals surface area contributed by atoms with Gasteiger partial charge in [-0.3, -0.25) is 9.69 Å². The van der Waals surface area contributed by atoms with E-state index >= 15 is 0 Å². The number of ether oxygens (including phenoxy) is 2. The third kappa shape index (κ3) is 5.48. The maximum atomic E-state index is 12.3. The summed E-state index contributed by atoms with van der Waals surface area (Å²) in [5.74, 6) is -0.724. The Kier molecular flexibility index (Phi) is 7.60. The minimum absolute atomic E-state index is 0.227. The standard InChI is InChI=1S/C17H25NO4/c1-5-11-18(12-6-2)13(3)21-17(20)15-9-7-8-10-16(15)22-14(4)19/h7-10,13H,5-6,11-12H2,1-4H3. The van der Waals surface area contributed by atoms with Crippen molar-refractivity contribution < 1.29 is 19.1 Å². The van der Waals surface area contributed by atoms with Crippen LogP contribution in [0.25, 0.3) is 0 Å². The van der Waals surface area contributed by atoms with Gasteiger partial charge >= 0.3 is 11.9 Å². The first kappa shape index (κ1) is 18.2. The van der Waals surface area contributed by atoms with Gasteiger partial charge in [0.05, 0.1) is 0 Å². The molecule has 0 saturated carbocycles. The van der Waals surface area contributed by atoms with Crippen LogP contribution in [-0.2, 0) is 9.53 Å². The topological polar surface area (TPSA) is 55.8 Å². The van der Waals surface area contributed by atoms with E-state index in [-0.39, 0.29) is 17.5 Å². The molecule has 5 nitrogen and oxygen atoms in total. The third-order valence-electron chi connectivity index (χ3n) is 3.17. The Hall–Kier alpha value is -1.88. The summed E-state index contributed by atoms with van der Waals surface area (Å²) in [6.45, 7) is 9.08. The molecule has 0 radical (unpaired) electrons. The number of esters is 2. The monoisotopic (exact) mass is 307 g/mol. The van der Waals surface area contributed by atoms with Crippen molar-refractivity contribution in [3.8, 4) is 5.75 Å². The van der Waals surface area contributed by atoms with Crippen LogP contribution in [0, 0.1) is 0 Å². The number of carbonyl (C=O) groups excluding carboxylic acids is 2. The Morgan fingerprint density at radius 2 is 1.73 bits per heavy atom. The summed E-state index contributed by atoms with van der Waals surface area (Å²) in [6, 6.07) is 6.60. The predicted octanol–water partition coefficient (Wildman–Crippen LogP) is 3.24. The van der Waals surface area contributed by atoms with E-state index in [9.17, 15) is 9.59 Å². The Bertz CT molecular complexity index is 495. The van der Waals surface area contributed by atoms with Crippen LogP contribution in [0.4, 0.5) is 0 Å². The second-order valence-corrected chi connectivity index (χ2v) is 5.13. The van der Waals surface area contributed by atoms with Crippen molar-refractivity contribution in [2.75, 3.05) is 13.1 Å². The SMILES string of the molecule is CCCN(CCC)C(C)OC(=O)c1ccccc1OC(C)=O. The van der Waals surface area contributed by atoms with Crippen molar-refractivity contribution in [1.29, 1.82) is 0 Å². The summed E-state index contributed by atoms with van der Waals surface area (Å²) in [7, 11) is 0. The molecule has 122 valence electrons. The van der Waals surface area contributed by atoms with Crippen molar-refractivity contribution in [3.05, 3.63) is 29.8 Å². The summed E-state index contributed by atoms with van der Waals surface area (Å²) in [5.41, 5.74) is 0.262. The lowest BCUT2D eigenvalue weighted by Gasteiger charge is -2.28. The number of nitrogens with zero attached hydrogens (tertiary/aromatic N) is 1. The number of rotatable bonds is 8. The number of para-hydroxylation sites is 1. The van der Waals surface area contributed by atoms with E-state index in [0.29, 0.717) is 0 Å². The zero-order valence-electron chi connectivity index (χ0n) is 13.8. The highest BCUT2D eigenvalue weighted by Crippen LogP contribution is 2.20. The van der Waals surface area contributed by atoms with Crippen molar-refractivity contribution in [3.63, 3.8) is 0 Å². The quantitative estimate of drug-likeness (QED) is 0.419. The molecule has 0 fully saturated rings. The van der Waals surface area contributed by atoms with E-state index in [0.717, 1.165) is 25.9 Å². The van der Waals surface area contributed by atoms with Gasteiger partial charge in [-0.15, -0.1) is 0 Å². The maximum absolute atomic E-state index is 12.3. The van der Waals surface area contributed by atoms with Gasteiger partial charge in [-0.1, -0.05) is 26.0 Å². The van der Waals surface area contributed by atoms with Crippen LogP contribution < -0.4 is 4.74 Å². The summed E-state index contributed by atoms with van der Waals surface area (Å²) in [4.78, 5) is 25.6. The second kappa shape index (κ2) is 9.20. The average Bonchev–Trinajstić information content (AvgIpc) is 2.46. The Morgan fingerprint density at radius 3 is 2.27 bits per heavy atom. The zero-order chi connectivity index (χ0) is 16.5. The zero-order valence-corrected chi connectivity index (χ0v) is 13.8. The van der Waals surface area contributed by atoms with Gasteiger partial charge in [0, 0.05) is 20.0 Å². The number of hydrogen-bond acceptors (Lipinski definition) is 5. The van der Waals surface area contributed by atoms with Gasteiger partial charge in [0.25, 0.3) is 0 Å². The average molecular weight is 307 g/mol. The molecule has 0 aliphatic rings.